The number of hydrogen-bond donors (Lipinski definition) is 2. The standard InChI is InChI=1S/C9H17NO3.CH4O/c1-9(2,3)13-8(12)10-5-4-7(11)6-10;1-2/h7,11H,4-6H2,1-3H3;2H,1H3/t7-;/m1./s1. The Bertz CT molecular complexity index is 200. The molecule has 0 aromatic rings. The minimum Gasteiger partial charge on any atom is -0.444 e. The minimum absolute atomic E-state index is 0.330. The first-order valence-electron chi connectivity index (χ1n) is 4.99. The van der Waals surface area contributed by atoms with Crippen LogP contribution in [0.2, 0.25) is 0 Å². The lowest BCUT2D eigenvalue weighted by Gasteiger charge is -2.24. The number of carbonyl (C=O) groups is 1. The maximum absolute atomic E-state index is 11.4. The largest absolute Gasteiger partial charge is 0.444 e. The Labute approximate surface area is 90.6 Å². The van der Waals surface area contributed by atoms with Crippen LogP contribution in [0, 0.1) is 0 Å². The van der Waals surface area contributed by atoms with Crippen LogP contribution in [0.5, 0.6) is 0 Å². The van der Waals surface area contributed by atoms with Crippen LogP contribution < -0.4 is 0 Å². The molecule has 0 unspecified atom stereocenters. The van der Waals surface area contributed by atoms with E-state index in [9.17, 15) is 9.90 Å². The van der Waals surface area contributed by atoms with Gasteiger partial charge in [-0.25, -0.2) is 4.79 Å². The van der Waals surface area contributed by atoms with Crippen molar-refractivity contribution in [3.8, 4) is 0 Å². The van der Waals surface area contributed by atoms with Gasteiger partial charge in [-0.2, -0.15) is 0 Å². The normalized spacial score (nSPS) is 20.7. The Balaban J connectivity index is 0.000000921. The molecule has 0 bridgehead atoms. The Morgan fingerprint density at radius 2 is 1.93 bits per heavy atom. The predicted molar refractivity (Wildman–Crippen MR) is 56.6 cm³/mol. The van der Waals surface area contributed by atoms with Crippen LogP contribution in [-0.2, 0) is 4.74 Å². The van der Waals surface area contributed by atoms with Crippen molar-refractivity contribution in [1.29, 1.82) is 0 Å². The molecule has 1 heterocycles. The molecule has 5 heteroatoms. The average molecular weight is 219 g/mol. The molecular formula is C10H21NO4. The number of aliphatic hydroxyl groups is 2. The second-order valence-electron chi connectivity index (χ2n) is 4.37. The summed E-state index contributed by atoms with van der Waals surface area (Å²) in [6, 6.07) is 0. The number of rotatable bonds is 0. The van der Waals surface area contributed by atoms with Gasteiger partial charge in [-0.15, -0.1) is 0 Å². The quantitative estimate of drug-likeness (QED) is 0.626. The molecule has 0 spiro atoms. The zero-order valence-electron chi connectivity index (χ0n) is 9.86. The van der Waals surface area contributed by atoms with E-state index in [2.05, 4.69) is 0 Å². The molecule has 15 heavy (non-hydrogen) atoms. The molecule has 1 rings (SSSR count). The molecule has 1 amide bonds. The molecule has 1 aliphatic heterocycles. The Kier molecular flexibility index (Phi) is 5.60. The zero-order chi connectivity index (χ0) is 12.1. The van der Waals surface area contributed by atoms with E-state index in [1.165, 1.54) is 4.90 Å². The topological polar surface area (TPSA) is 70.0 Å². The van der Waals surface area contributed by atoms with E-state index >= 15 is 0 Å². The number of likely N-dealkylation sites (tertiary alicyclic amines) is 1. The van der Waals surface area contributed by atoms with E-state index in [-0.39, 0.29) is 12.2 Å². The third kappa shape index (κ3) is 5.59. The highest BCUT2D eigenvalue weighted by atomic mass is 16.6. The summed E-state index contributed by atoms with van der Waals surface area (Å²) in [6.45, 7) is 6.48. The Hall–Kier alpha value is -0.810. The van der Waals surface area contributed by atoms with E-state index in [4.69, 9.17) is 9.84 Å². The lowest BCUT2D eigenvalue weighted by Crippen LogP contribution is -2.35. The van der Waals surface area contributed by atoms with Gasteiger partial charge in [-0.05, 0) is 27.2 Å². The fourth-order valence-electron chi connectivity index (χ4n) is 1.23. The highest BCUT2D eigenvalue weighted by molar-refractivity contribution is 5.68. The third-order valence-corrected chi connectivity index (χ3v) is 1.82. The van der Waals surface area contributed by atoms with Gasteiger partial charge in [-0.1, -0.05) is 0 Å². The summed E-state index contributed by atoms with van der Waals surface area (Å²) in [4.78, 5) is 12.9. The van der Waals surface area contributed by atoms with Crippen LogP contribution in [0.15, 0.2) is 0 Å². The van der Waals surface area contributed by atoms with Crippen molar-refractivity contribution in [3.63, 3.8) is 0 Å². The van der Waals surface area contributed by atoms with Gasteiger partial charge >= 0.3 is 6.09 Å². The third-order valence-electron chi connectivity index (χ3n) is 1.82. The molecule has 0 saturated carbocycles. The van der Waals surface area contributed by atoms with Gasteiger partial charge in [0.15, 0.2) is 0 Å². The first-order chi connectivity index (χ1) is 6.88. The second kappa shape index (κ2) is 5.92. The summed E-state index contributed by atoms with van der Waals surface area (Å²) in [5.41, 5.74) is -0.454. The summed E-state index contributed by atoms with van der Waals surface area (Å²) in [5, 5.41) is 16.2. The van der Waals surface area contributed by atoms with E-state index < -0.39 is 5.60 Å². The van der Waals surface area contributed by atoms with Crippen LogP contribution in [0.4, 0.5) is 4.79 Å². The molecule has 1 atom stereocenters. The Morgan fingerprint density at radius 3 is 2.27 bits per heavy atom. The van der Waals surface area contributed by atoms with Gasteiger partial charge in [0.1, 0.15) is 5.60 Å². The molecule has 1 aliphatic rings. The number of aliphatic hydroxyl groups excluding tert-OH is 2. The molecule has 0 aliphatic carbocycles. The summed E-state index contributed by atoms with van der Waals surface area (Å²) in [5.74, 6) is 0. The molecule has 90 valence electrons. The van der Waals surface area contributed by atoms with Gasteiger partial charge in [0.05, 0.1) is 6.10 Å². The number of amides is 1. The molecule has 0 radical (unpaired) electrons. The molecule has 5 nitrogen and oxygen atoms in total. The molecule has 1 saturated heterocycles. The highest BCUT2D eigenvalue weighted by Gasteiger charge is 2.28. The highest BCUT2D eigenvalue weighted by Crippen LogP contribution is 2.14. The first-order valence-corrected chi connectivity index (χ1v) is 4.99. The number of nitrogens with zero attached hydrogens (tertiary/aromatic N) is 1. The minimum atomic E-state index is -0.454. The molecule has 2 N–H and O–H groups in total. The number of ether oxygens (including phenoxy) is 1. The lowest BCUT2D eigenvalue weighted by atomic mass is 10.2. The van der Waals surface area contributed by atoms with Gasteiger partial charge in [0.25, 0.3) is 0 Å². The van der Waals surface area contributed by atoms with Crippen molar-refractivity contribution in [3.05, 3.63) is 0 Å². The summed E-state index contributed by atoms with van der Waals surface area (Å²) >= 11 is 0. The van der Waals surface area contributed by atoms with Crippen LogP contribution in [0.1, 0.15) is 27.2 Å². The SMILES string of the molecule is CC(C)(C)OC(=O)N1CC[C@@H](O)C1.CO. The smallest absolute Gasteiger partial charge is 0.410 e. The summed E-state index contributed by atoms with van der Waals surface area (Å²) < 4.78 is 5.15. The molecule has 1 fully saturated rings. The second-order valence-corrected chi connectivity index (χ2v) is 4.37. The van der Waals surface area contributed by atoms with Gasteiger partial charge in [0, 0.05) is 20.2 Å². The van der Waals surface area contributed by atoms with E-state index in [1.54, 1.807) is 0 Å². The fourth-order valence-corrected chi connectivity index (χ4v) is 1.23. The maximum atomic E-state index is 11.4. The van der Waals surface area contributed by atoms with Crippen LogP contribution in [0.25, 0.3) is 0 Å². The maximum Gasteiger partial charge on any atom is 0.410 e. The summed E-state index contributed by atoms with van der Waals surface area (Å²) in [7, 11) is 1.00. The molecule has 0 aromatic carbocycles. The van der Waals surface area contributed by atoms with Crippen molar-refractivity contribution in [2.24, 2.45) is 0 Å². The molecule has 0 aromatic heterocycles. The zero-order valence-corrected chi connectivity index (χ0v) is 9.86. The van der Waals surface area contributed by atoms with Crippen molar-refractivity contribution >= 4 is 6.09 Å². The lowest BCUT2D eigenvalue weighted by molar-refractivity contribution is 0.0270. The van der Waals surface area contributed by atoms with E-state index in [1.807, 2.05) is 20.8 Å². The van der Waals surface area contributed by atoms with Gasteiger partial charge in [-0.3, -0.25) is 0 Å². The first kappa shape index (κ1) is 14.2. The fraction of sp³-hybridized carbons (Fsp3) is 0.900. The Morgan fingerprint density at radius 1 is 1.40 bits per heavy atom. The number of carbonyl (C=O) groups excluding carboxylic acids is 1. The van der Waals surface area contributed by atoms with E-state index in [0.29, 0.717) is 19.5 Å². The summed E-state index contributed by atoms with van der Waals surface area (Å²) in [6.07, 6.45) is -0.0595. The average Bonchev–Trinajstić information content (AvgIpc) is 2.52. The number of β-amino-alcohol motifs (C(OH)–C–C–N with tert-alkyl or cyclic N) is 1. The van der Waals surface area contributed by atoms with Crippen molar-refractivity contribution in [1.82, 2.24) is 4.90 Å². The van der Waals surface area contributed by atoms with Crippen molar-refractivity contribution in [2.45, 2.75) is 38.9 Å². The van der Waals surface area contributed by atoms with Gasteiger partial charge in [0.2, 0.25) is 0 Å². The monoisotopic (exact) mass is 219 g/mol. The predicted octanol–water partition coefficient (Wildman–Crippen LogP) is 0.597. The van der Waals surface area contributed by atoms with Gasteiger partial charge < -0.3 is 19.8 Å². The van der Waals surface area contributed by atoms with Crippen LogP contribution >= 0.6 is 0 Å². The number of hydrogen-bond acceptors (Lipinski definition) is 4. The van der Waals surface area contributed by atoms with Crippen LogP contribution in [0.3, 0.4) is 0 Å². The van der Waals surface area contributed by atoms with Crippen molar-refractivity contribution in [2.75, 3.05) is 20.2 Å². The van der Waals surface area contributed by atoms with Crippen LogP contribution in [-0.4, -0.2) is 53.1 Å². The van der Waals surface area contributed by atoms with Crippen molar-refractivity contribution < 1.29 is 19.7 Å². The van der Waals surface area contributed by atoms with E-state index in [0.717, 1.165) is 7.11 Å². The molecular weight excluding hydrogens is 198 g/mol.